The van der Waals surface area contributed by atoms with E-state index < -0.39 is 11.9 Å². The highest BCUT2D eigenvalue weighted by Crippen LogP contribution is 2.16. The minimum absolute atomic E-state index is 0.185. The average molecular weight is 319 g/mol. The number of hydrogen-bond donors (Lipinski definition) is 0. The van der Waals surface area contributed by atoms with Crippen molar-refractivity contribution in [1.29, 1.82) is 0 Å². The number of benzene rings is 2. The zero-order valence-electron chi connectivity index (χ0n) is 12.2. The molecule has 0 fully saturated rings. The quantitative estimate of drug-likeness (QED) is 0.628. The van der Waals surface area contributed by atoms with E-state index in [1.54, 1.807) is 62.4 Å². The molecule has 2 aromatic carbocycles. The van der Waals surface area contributed by atoms with Crippen LogP contribution in [0.4, 0.5) is 0 Å². The molecule has 0 heterocycles. The van der Waals surface area contributed by atoms with Gasteiger partial charge in [-0.3, -0.25) is 0 Å². The number of ether oxygens (including phenoxy) is 2. The van der Waals surface area contributed by atoms with E-state index in [2.05, 4.69) is 0 Å². The maximum Gasteiger partial charge on any atom is 0.343 e. The summed E-state index contributed by atoms with van der Waals surface area (Å²) >= 11 is 5.76. The molecule has 0 atom stereocenters. The lowest BCUT2D eigenvalue weighted by Gasteiger charge is -2.08. The van der Waals surface area contributed by atoms with E-state index in [0.29, 0.717) is 21.9 Å². The van der Waals surface area contributed by atoms with E-state index in [1.807, 2.05) is 0 Å². The SMILES string of the molecule is CC(C)OC(=O)c1ccc(OC(=O)c2ccc(Cl)cc2)cc1. The van der Waals surface area contributed by atoms with Crippen molar-refractivity contribution < 1.29 is 19.1 Å². The first-order valence-electron chi connectivity index (χ1n) is 6.74. The third kappa shape index (κ3) is 4.33. The Balaban J connectivity index is 2.03. The van der Waals surface area contributed by atoms with Crippen molar-refractivity contribution in [3.05, 3.63) is 64.7 Å². The molecule has 0 aliphatic carbocycles. The van der Waals surface area contributed by atoms with Crippen molar-refractivity contribution in [1.82, 2.24) is 0 Å². The minimum atomic E-state index is -0.492. The van der Waals surface area contributed by atoms with Crippen molar-refractivity contribution in [2.24, 2.45) is 0 Å². The Hall–Kier alpha value is -2.33. The molecule has 0 saturated carbocycles. The molecule has 0 spiro atoms. The fraction of sp³-hybridized carbons (Fsp3) is 0.176. The topological polar surface area (TPSA) is 52.6 Å². The molecule has 0 N–H and O–H groups in total. The Morgan fingerprint density at radius 3 is 1.91 bits per heavy atom. The third-order valence-corrected chi connectivity index (χ3v) is 2.98. The van der Waals surface area contributed by atoms with Crippen LogP contribution in [0.5, 0.6) is 5.75 Å². The lowest BCUT2D eigenvalue weighted by molar-refractivity contribution is 0.0378. The van der Waals surface area contributed by atoms with E-state index in [9.17, 15) is 9.59 Å². The molecule has 0 saturated heterocycles. The first kappa shape index (κ1) is 16.0. The number of esters is 2. The van der Waals surface area contributed by atoms with Crippen LogP contribution in [-0.2, 0) is 4.74 Å². The van der Waals surface area contributed by atoms with Gasteiger partial charge in [0.2, 0.25) is 0 Å². The monoisotopic (exact) mass is 318 g/mol. The lowest BCUT2D eigenvalue weighted by Crippen LogP contribution is -2.12. The molecule has 0 amide bonds. The van der Waals surface area contributed by atoms with Crippen LogP contribution in [0.15, 0.2) is 48.5 Å². The summed E-state index contributed by atoms with van der Waals surface area (Å²) in [4.78, 5) is 23.6. The maximum atomic E-state index is 11.9. The van der Waals surface area contributed by atoms with Gasteiger partial charge in [-0.25, -0.2) is 9.59 Å². The van der Waals surface area contributed by atoms with Gasteiger partial charge in [0.1, 0.15) is 5.75 Å². The molecular formula is C17H15ClO4. The number of carbonyl (C=O) groups excluding carboxylic acids is 2. The highest BCUT2D eigenvalue weighted by molar-refractivity contribution is 6.30. The summed E-state index contributed by atoms with van der Waals surface area (Å²) in [7, 11) is 0. The molecular weight excluding hydrogens is 304 g/mol. The molecule has 2 rings (SSSR count). The van der Waals surface area contributed by atoms with Gasteiger partial charge in [0.15, 0.2) is 0 Å². The van der Waals surface area contributed by atoms with Gasteiger partial charge in [-0.1, -0.05) is 11.6 Å². The zero-order chi connectivity index (χ0) is 16.1. The molecule has 114 valence electrons. The number of hydrogen-bond acceptors (Lipinski definition) is 4. The van der Waals surface area contributed by atoms with Crippen LogP contribution >= 0.6 is 11.6 Å². The van der Waals surface area contributed by atoms with Gasteiger partial charge in [-0.15, -0.1) is 0 Å². The molecule has 4 nitrogen and oxygen atoms in total. The Bertz CT molecular complexity index is 660. The maximum absolute atomic E-state index is 11.9. The van der Waals surface area contributed by atoms with Crippen molar-refractivity contribution in [2.75, 3.05) is 0 Å². The molecule has 5 heteroatoms. The van der Waals surface area contributed by atoms with Crippen LogP contribution in [0, 0.1) is 0 Å². The smallest absolute Gasteiger partial charge is 0.343 e. The minimum Gasteiger partial charge on any atom is -0.459 e. The second-order valence-electron chi connectivity index (χ2n) is 4.87. The fourth-order valence-corrected chi connectivity index (χ4v) is 1.82. The van der Waals surface area contributed by atoms with E-state index in [1.165, 1.54) is 0 Å². The second kappa shape index (κ2) is 7.09. The van der Waals surface area contributed by atoms with Gasteiger partial charge in [-0.05, 0) is 62.4 Å². The summed E-state index contributed by atoms with van der Waals surface area (Å²) in [5.41, 5.74) is 0.799. The average Bonchev–Trinajstić information content (AvgIpc) is 2.48. The van der Waals surface area contributed by atoms with Gasteiger partial charge >= 0.3 is 11.9 Å². The Morgan fingerprint density at radius 2 is 1.36 bits per heavy atom. The van der Waals surface area contributed by atoms with Crippen LogP contribution in [0.2, 0.25) is 5.02 Å². The summed E-state index contributed by atoms with van der Waals surface area (Å²) in [5, 5.41) is 0.546. The zero-order valence-corrected chi connectivity index (χ0v) is 13.0. The largest absolute Gasteiger partial charge is 0.459 e. The number of rotatable bonds is 4. The first-order chi connectivity index (χ1) is 10.5. The lowest BCUT2D eigenvalue weighted by atomic mass is 10.2. The molecule has 0 radical (unpaired) electrons. The van der Waals surface area contributed by atoms with E-state index in [0.717, 1.165) is 0 Å². The van der Waals surface area contributed by atoms with Crippen molar-refractivity contribution in [2.45, 2.75) is 20.0 Å². The van der Waals surface area contributed by atoms with Gasteiger partial charge in [0, 0.05) is 5.02 Å². The van der Waals surface area contributed by atoms with Gasteiger partial charge < -0.3 is 9.47 Å². The first-order valence-corrected chi connectivity index (χ1v) is 7.12. The predicted molar refractivity (Wildman–Crippen MR) is 83.4 cm³/mol. The number of carbonyl (C=O) groups is 2. The molecule has 0 aliphatic heterocycles. The van der Waals surface area contributed by atoms with Gasteiger partial charge in [-0.2, -0.15) is 0 Å². The molecule has 0 aliphatic rings. The molecule has 2 aromatic rings. The standard InChI is InChI=1S/C17H15ClO4/c1-11(2)21-16(19)13-5-9-15(10-6-13)22-17(20)12-3-7-14(18)8-4-12/h3-11H,1-2H3. The molecule has 0 bridgehead atoms. The summed E-state index contributed by atoms with van der Waals surface area (Å²) < 4.78 is 10.3. The van der Waals surface area contributed by atoms with Crippen LogP contribution in [0.1, 0.15) is 34.6 Å². The number of halogens is 1. The second-order valence-corrected chi connectivity index (χ2v) is 5.31. The Kier molecular flexibility index (Phi) is 5.17. The summed E-state index contributed by atoms with van der Waals surface area (Å²) in [5.74, 6) is -0.555. The van der Waals surface area contributed by atoms with Crippen molar-refractivity contribution in [3.8, 4) is 5.75 Å². The summed E-state index contributed by atoms with van der Waals surface area (Å²) in [6.45, 7) is 3.56. The van der Waals surface area contributed by atoms with Crippen LogP contribution in [-0.4, -0.2) is 18.0 Å². The molecule has 0 aromatic heterocycles. The van der Waals surface area contributed by atoms with Crippen molar-refractivity contribution in [3.63, 3.8) is 0 Å². The molecule has 22 heavy (non-hydrogen) atoms. The third-order valence-electron chi connectivity index (χ3n) is 2.72. The van der Waals surface area contributed by atoms with E-state index in [4.69, 9.17) is 21.1 Å². The highest BCUT2D eigenvalue weighted by Gasteiger charge is 2.11. The summed E-state index contributed by atoms with van der Waals surface area (Å²) in [6, 6.07) is 12.6. The Morgan fingerprint density at radius 1 is 0.864 bits per heavy atom. The Labute approximate surface area is 133 Å². The molecule has 0 unspecified atom stereocenters. The summed E-state index contributed by atoms with van der Waals surface area (Å²) in [6.07, 6.45) is -0.185. The van der Waals surface area contributed by atoms with Crippen LogP contribution in [0.3, 0.4) is 0 Å². The van der Waals surface area contributed by atoms with Gasteiger partial charge in [0.05, 0.1) is 17.2 Å². The van der Waals surface area contributed by atoms with E-state index in [-0.39, 0.29) is 6.10 Å². The van der Waals surface area contributed by atoms with Crippen LogP contribution < -0.4 is 4.74 Å². The van der Waals surface area contributed by atoms with Crippen LogP contribution in [0.25, 0.3) is 0 Å². The van der Waals surface area contributed by atoms with E-state index >= 15 is 0 Å². The van der Waals surface area contributed by atoms with Crippen molar-refractivity contribution >= 4 is 23.5 Å². The highest BCUT2D eigenvalue weighted by atomic mass is 35.5. The van der Waals surface area contributed by atoms with Gasteiger partial charge in [0.25, 0.3) is 0 Å². The normalized spacial score (nSPS) is 10.4. The fourth-order valence-electron chi connectivity index (χ4n) is 1.69. The predicted octanol–water partition coefficient (Wildman–Crippen LogP) is 4.12.